The fourth-order valence-corrected chi connectivity index (χ4v) is 0.463. The Bertz CT molecular complexity index is 127. The van der Waals surface area contributed by atoms with Crippen molar-refractivity contribution in [2.75, 3.05) is 11.8 Å². The topological polar surface area (TPSA) is 80.3 Å². The van der Waals surface area contributed by atoms with Crippen LogP contribution < -0.4 is 10.2 Å². The molecule has 0 aliphatic carbocycles. The first-order chi connectivity index (χ1) is 5.54. The molecule has 0 amide bonds. The van der Waals surface area contributed by atoms with E-state index in [1.165, 1.54) is 0 Å². The van der Waals surface area contributed by atoms with Gasteiger partial charge in [0.15, 0.2) is 0 Å². The van der Waals surface area contributed by atoms with Gasteiger partial charge in [0.25, 0.3) is 0 Å². The summed E-state index contributed by atoms with van der Waals surface area (Å²) in [6.45, 7) is 0. The summed E-state index contributed by atoms with van der Waals surface area (Å²) >= 11 is 9.95. The predicted molar refractivity (Wildman–Crippen MR) is 46.4 cm³/mol. The van der Waals surface area contributed by atoms with E-state index in [4.69, 9.17) is 23.2 Å². The average molecular weight is 422 g/mol. The number of hydrogen-bond acceptors (Lipinski definition) is 4. The average Bonchev–Trinajstić information content (AvgIpc) is 1.87. The molecule has 0 fully saturated rings. The standard InChI is InChI=1S/2C3H5ClO2.Pb/c2*4-2-1-3(5)6;/h2*1-2H2,(H,5,6);/q;;+2/p-2. The van der Waals surface area contributed by atoms with E-state index in [2.05, 4.69) is 0 Å². The van der Waals surface area contributed by atoms with Crippen LogP contribution in [0.3, 0.4) is 0 Å². The summed E-state index contributed by atoms with van der Waals surface area (Å²) in [5, 5.41) is 18.8. The number of hydrogen-bond donors (Lipinski definition) is 0. The van der Waals surface area contributed by atoms with Gasteiger partial charge in [-0.05, 0) is 0 Å². The minimum Gasteiger partial charge on any atom is -0.550 e. The molecule has 0 unspecified atom stereocenters. The maximum absolute atomic E-state index is 9.40. The van der Waals surface area contributed by atoms with E-state index in [9.17, 15) is 19.8 Å². The zero-order valence-corrected chi connectivity index (χ0v) is 12.1. The number of halogens is 2. The van der Waals surface area contributed by atoms with E-state index in [0.29, 0.717) is 0 Å². The molecule has 74 valence electrons. The van der Waals surface area contributed by atoms with Crippen LogP contribution in [0.4, 0.5) is 0 Å². The molecule has 0 heterocycles. The van der Waals surface area contributed by atoms with Crippen LogP contribution in [0.1, 0.15) is 12.8 Å². The van der Waals surface area contributed by atoms with Gasteiger partial charge in [0.2, 0.25) is 0 Å². The van der Waals surface area contributed by atoms with Crippen molar-refractivity contribution < 1.29 is 19.8 Å². The van der Waals surface area contributed by atoms with Gasteiger partial charge in [0.05, 0.1) is 0 Å². The molecule has 2 radical (unpaired) electrons. The van der Waals surface area contributed by atoms with Crippen LogP contribution >= 0.6 is 23.2 Å². The van der Waals surface area contributed by atoms with E-state index >= 15 is 0 Å². The van der Waals surface area contributed by atoms with Crippen molar-refractivity contribution >= 4 is 62.4 Å². The van der Waals surface area contributed by atoms with Crippen molar-refractivity contribution in [2.24, 2.45) is 0 Å². The Balaban J connectivity index is -0.000000143. The van der Waals surface area contributed by atoms with Gasteiger partial charge in [-0.1, -0.05) is 0 Å². The van der Waals surface area contributed by atoms with Crippen LogP contribution in [-0.4, -0.2) is 51.0 Å². The number of aliphatic carboxylic acids is 2. The molecule has 0 aliphatic heterocycles. The second-order valence-corrected chi connectivity index (χ2v) is 2.38. The van der Waals surface area contributed by atoms with Crippen LogP contribution in [0, 0.1) is 0 Å². The molecular formula is C6H8Cl2O4Pb. The summed E-state index contributed by atoms with van der Waals surface area (Å²) in [7, 11) is 0. The molecule has 0 bridgehead atoms. The monoisotopic (exact) mass is 422 g/mol. The van der Waals surface area contributed by atoms with Crippen molar-refractivity contribution in [2.45, 2.75) is 12.8 Å². The Morgan fingerprint density at radius 2 is 1.15 bits per heavy atom. The number of carboxylic acids is 2. The molecule has 0 spiro atoms. The van der Waals surface area contributed by atoms with Crippen LogP contribution in [-0.2, 0) is 9.59 Å². The summed E-state index contributed by atoms with van der Waals surface area (Å²) in [6, 6.07) is 0. The van der Waals surface area contributed by atoms with Crippen LogP contribution in [0.5, 0.6) is 0 Å². The Morgan fingerprint density at radius 1 is 0.923 bits per heavy atom. The van der Waals surface area contributed by atoms with Crippen molar-refractivity contribution in [1.29, 1.82) is 0 Å². The fraction of sp³-hybridized carbons (Fsp3) is 0.667. The summed E-state index contributed by atoms with van der Waals surface area (Å²) in [6.07, 6.45) is -0.108. The van der Waals surface area contributed by atoms with Gasteiger partial charge < -0.3 is 19.8 Å². The minimum absolute atomic E-state index is 0. The molecule has 0 rings (SSSR count). The van der Waals surface area contributed by atoms with Gasteiger partial charge >= 0.3 is 27.3 Å². The van der Waals surface area contributed by atoms with E-state index in [0.717, 1.165) is 0 Å². The first kappa shape index (κ1) is 19.1. The molecule has 0 atom stereocenters. The molecule has 0 saturated carbocycles. The number of rotatable bonds is 4. The SMILES string of the molecule is O=C([O-])CCCl.O=C([O-])CCCl.[Pb+2]. The fourth-order valence-electron chi connectivity index (χ4n) is 0.154. The van der Waals surface area contributed by atoms with Gasteiger partial charge in [-0.15, -0.1) is 23.2 Å². The van der Waals surface area contributed by atoms with Gasteiger partial charge in [-0.25, -0.2) is 0 Å². The van der Waals surface area contributed by atoms with E-state index < -0.39 is 11.9 Å². The third-order valence-electron chi connectivity index (χ3n) is 0.597. The molecule has 0 aromatic carbocycles. The Labute approximate surface area is 106 Å². The van der Waals surface area contributed by atoms with Crippen molar-refractivity contribution in [3.63, 3.8) is 0 Å². The normalized spacial score (nSPS) is 7.54. The second kappa shape index (κ2) is 14.9. The number of carbonyl (C=O) groups is 2. The summed E-state index contributed by atoms with van der Waals surface area (Å²) in [5.74, 6) is -1.90. The van der Waals surface area contributed by atoms with Gasteiger partial charge in [-0.2, -0.15) is 0 Å². The molecule has 0 aromatic heterocycles. The Morgan fingerprint density at radius 3 is 1.15 bits per heavy atom. The second-order valence-electron chi connectivity index (χ2n) is 1.62. The van der Waals surface area contributed by atoms with Crippen molar-refractivity contribution in [1.82, 2.24) is 0 Å². The van der Waals surface area contributed by atoms with Gasteiger partial charge in [0, 0.05) is 36.5 Å². The molecule has 0 saturated heterocycles. The first-order valence-corrected chi connectivity index (χ1v) is 4.13. The molecule has 13 heavy (non-hydrogen) atoms. The van der Waals surface area contributed by atoms with Crippen LogP contribution in [0.25, 0.3) is 0 Å². The maximum atomic E-state index is 9.40. The molecule has 7 heteroatoms. The summed E-state index contributed by atoms with van der Waals surface area (Å²) in [5.41, 5.74) is 0. The van der Waals surface area contributed by atoms with E-state index in [-0.39, 0.29) is 51.9 Å². The number of carboxylic acid groups (broad SMARTS) is 2. The summed E-state index contributed by atoms with van der Waals surface area (Å²) in [4.78, 5) is 18.8. The molecule has 0 aromatic rings. The van der Waals surface area contributed by atoms with Crippen molar-refractivity contribution in [3.8, 4) is 0 Å². The number of carbonyl (C=O) groups excluding carboxylic acids is 2. The number of alkyl halides is 2. The largest absolute Gasteiger partial charge is 2.00 e. The molecule has 0 N–H and O–H groups in total. The third kappa shape index (κ3) is 32.7. The minimum atomic E-state index is -1.09. The zero-order valence-electron chi connectivity index (χ0n) is 6.72. The maximum Gasteiger partial charge on any atom is 2.00 e. The Kier molecular flexibility index (Phi) is 21.9. The van der Waals surface area contributed by atoms with Crippen LogP contribution in [0.15, 0.2) is 0 Å². The zero-order chi connectivity index (χ0) is 9.98. The quantitative estimate of drug-likeness (QED) is 0.402. The van der Waals surface area contributed by atoms with E-state index in [1.54, 1.807) is 0 Å². The smallest absolute Gasteiger partial charge is 0.550 e. The van der Waals surface area contributed by atoms with E-state index in [1.807, 2.05) is 0 Å². The van der Waals surface area contributed by atoms with Gasteiger partial charge in [-0.3, -0.25) is 0 Å². The van der Waals surface area contributed by atoms with Crippen LogP contribution in [0.2, 0.25) is 0 Å². The molecule has 0 aliphatic rings. The Hall–Kier alpha value is 0.442. The van der Waals surface area contributed by atoms with Gasteiger partial charge in [0.1, 0.15) is 0 Å². The summed E-state index contributed by atoms with van der Waals surface area (Å²) < 4.78 is 0. The predicted octanol–water partition coefficient (Wildman–Crippen LogP) is -1.65. The molecular weight excluding hydrogens is 414 g/mol. The van der Waals surface area contributed by atoms with Crippen molar-refractivity contribution in [3.05, 3.63) is 0 Å². The third-order valence-corrected chi connectivity index (χ3v) is 0.975. The molecule has 4 nitrogen and oxygen atoms in total. The first-order valence-electron chi connectivity index (χ1n) is 3.06.